The average molecular weight is 216 g/mol. The number of rotatable bonds is 2. The monoisotopic (exact) mass is 216 g/mol. The van der Waals surface area contributed by atoms with Gasteiger partial charge in [-0.25, -0.2) is 5.32 Å². The first kappa shape index (κ1) is 10.3. The second kappa shape index (κ2) is 3.73. The van der Waals surface area contributed by atoms with E-state index in [9.17, 15) is 13.2 Å². The van der Waals surface area contributed by atoms with Gasteiger partial charge in [0.2, 0.25) is 0 Å². The standard InChI is InChI=1S/C10H9F3NO/c11-10(12,13)8-3-1-2-4-9(8)15-7-5-14-6-7/h1-4,7H,5-6H2. The van der Waals surface area contributed by atoms with Crippen LogP contribution in [0.1, 0.15) is 5.56 Å². The molecule has 0 bridgehead atoms. The Kier molecular flexibility index (Phi) is 2.56. The Morgan fingerprint density at radius 1 is 1.20 bits per heavy atom. The lowest BCUT2D eigenvalue weighted by Crippen LogP contribution is -2.45. The van der Waals surface area contributed by atoms with E-state index < -0.39 is 11.7 Å². The Balaban J connectivity index is 2.21. The van der Waals surface area contributed by atoms with Crippen molar-refractivity contribution in [2.45, 2.75) is 12.3 Å². The van der Waals surface area contributed by atoms with E-state index in [-0.39, 0.29) is 11.9 Å². The molecule has 1 radical (unpaired) electrons. The molecule has 1 aromatic rings. The van der Waals surface area contributed by atoms with Gasteiger partial charge in [-0.15, -0.1) is 0 Å². The van der Waals surface area contributed by atoms with Crippen molar-refractivity contribution in [3.05, 3.63) is 29.8 Å². The fourth-order valence-electron chi connectivity index (χ4n) is 1.29. The molecule has 0 aliphatic carbocycles. The average Bonchev–Trinajstić information content (AvgIpc) is 2.10. The zero-order valence-electron chi connectivity index (χ0n) is 7.79. The van der Waals surface area contributed by atoms with E-state index in [0.717, 1.165) is 6.07 Å². The second-order valence-electron chi connectivity index (χ2n) is 3.32. The van der Waals surface area contributed by atoms with Crippen molar-refractivity contribution in [1.82, 2.24) is 5.32 Å². The lowest BCUT2D eigenvalue weighted by molar-refractivity contribution is -0.139. The summed E-state index contributed by atoms with van der Waals surface area (Å²) in [5.74, 6) is -0.107. The summed E-state index contributed by atoms with van der Waals surface area (Å²) < 4.78 is 42.7. The van der Waals surface area contributed by atoms with Gasteiger partial charge < -0.3 is 4.74 Å². The molecule has 2 nitrogen and oxygen atoms in total. The third-order valence-electron chi connectivity index (χ3n) is 2.15. The van der Waals surface area contributed by atoms with E-state index in [0.29, 0.717) is 13.1 Å². The minimum absolute atomic E-state index is 0.107. The molecule has 2 rings (SSSR count). The molecule has 81 valence electrons. The van der Waals surface area contributed by atoms with Crippen LogP contribution in [0, 0.1) is 0 Å². The van der Waals surface area contributed by atoms with Gasteiger partial charge in [0.25, 0.3) is 0 Å². The van der Waals surface area contributed by atoms with Crippen LogP contribution in [0.3, 0.4) is 0 Å². The maximum atomic E-state index is 12.5. The Labute approximate surface area is 85.0 Å². The van der Waals surface area contributed by atoms with Gasteiger partial charge in [-0.3, -0.25) is 0 Å². The third kappa shape index (κ3) is 2.23. The van der Waals surface area contributed by atoms with Crippen molar-refractivity contribution in [2.24, 2.45) is 0 Å². The van der Waals surface area contributed by atoms with Gasteiger partial charge in [0.05, 0.1) is 18.7 Å². The molecule has 0 aromatic heterocycles. The number of nitrogens with zero attached hydrogens (tertiary/aromatic N) is 1. The van der Waals surface area contributed by atoms with Crippen molar-refractivity contribution in [3.63, 3.8) is 0 Å². The maximum Gasteiger partial charge on any atom is 0.419 e. The Morgan fingerprint density at radius 3 is 2.40 bits per heavy atom. The molecular weight excluding hydrogens is 207 g/mol. The first-order valence-electron chi connectivity index (χ1n) is 4.53. The number of hydrogen-bond acceptors (Lipinski definition) is 1. The lowest BCUT2D eigenvalue weighted by Gasteiger charge is -2.27. The number of para-hydroxylation sites is 1. The van der Waals surface area contributed by atoms with Gasteiger partial charge in [-0.2, -0.15) is 13.2 Å². The van der Waals surface area contributed by atoms with Crippen molar-refractivity contribution in [2.75, 3.05) is 13.1 Å². The first-order chi connectivity index (χ1) is 7.07. The number of alkyl halides is 3. The number of benzene rings is 1. The van der Waals surface area contributed by atoms with Crippen LogP contribution in [0.2, 0.25) is 0 Å². The van der Waals surface area contributed by atoms with Crippen LogP contribution in [0.25, 0.3) is 0 Å². The van der Waals surface area contributed by atoms with Crippen LogP contribution in [0.5, 0.6) is 5.75 Å². The molecule has 5 heteroatoms. The highest BCUT2D eigenvalue weighted by atomic mass is 19.4. The van der Waals surface area contributed by atoms with Gasteiger partial charge in [-0.1, -0.05) is 12.1 Å². The minimum atomic E-state index is -4.36. The highest BCUT2D eigenvalue weighted by molar-refractivity contribution is 5.35. The smallest absolute Gasteiger partial charge is 0.419 e. The molecule has 0 N–H and O–H groups in total. The molecule has 1 saturated heterocycles. The predicted octanol–water partition coefficient (Wildman–Crippen LogP) is 2.07. The highest BCUT2D eigenvalue weighted by Crippen LogP contribution is 2.36. The zero-order valence-corrected chi connectivity index (χ0v) is 7.79. The Morgan fingerprint density at radius 2 is 1.87 bits per heavy atom. The molecule has 1 aromatic carbocycles. The van der Waals surface area contributed by atoms with Crippen molar-refractivity contribution < 1.29 is 17.9 Å². The molecule has 1 heterocycles. The van der Waals surface area contributed by atoms with Crippen LogP contribution in [-0.4, -0.2) is 19.2 Å². The molecule has 0 spiro atoms. The van der Waals surface area contributed by atoms with Crippen molar-refractivity contribution in [1.29, 1.82) is 0 Å². The van der Waals surface area contributed by atoms with Crippen LogP contribution < -0.4 is 10.1 Å². The molecule has 1 aliphatic rings. The molecule has 0 atom stereocenters. The molecule has 0 amide bonds. The quantitative estimate of drug-likeness (QED) is 0.742. The third-order valence-corrected chi connectivity index (χ3v) is 2.15. The van der Waals surface area contributed by atoms with E-state index in [4.69, 9.17) is 4.74 Å². The fourth-order valence-corrected chi connectivity index (χ4v) is 1.29. The summed E-state index contributed by atoms with van der Waals surface area (Å²) in [6.07, 6.45) is -4.56. The topological polar surface area (TPSA) is 23.3 Å². The summed E-state index contributed by atoms with van der Waals surface area (Å²) >= 11 is 0. The summed E-state index contributed by atoms with van der Waals surface area (Å²) in [6, 6.07) is 5.23. The SMILES string of the molecule is FC(F)(F)c1ccccc1OC1C[N]C1. The van der Waals surface area contributed by atoms with Crippen LogP contribution in [0.4, 0.5) is 13.2 Å². The van der Waals surface area contributed by atoms with E-state index >= 15 is 0 Å². The normalized spacial score (nSPS) is 17.3. The summed E-state index contributed by atoms with van der Waals surface area (Å²) in [5.41, 5.74) is -0.725. The van der Waals surface area contributed by atoms with E-state index in [2.05, 4.69) is 5.32 Å². The molecular formula is C10H9F3NO. The largest absolute Gasteiger partial charge is 0.487 e. The van der Waals surface area contributed by atoms with Gasteiger partial charge in [-0.05, 0) is 12.1 Å². The van der Waals surface area contributed by atoms with Gasteiger partial charge >= 0.3 is 6.18 Å². The van der Waals surface area contributed by atoms with Gasteiger partial charge in [0, 0.05) is 0 Å². The predicted molar refractivity (Wildman–Crippen MR) is 47.7 cm³/mol. The summed E-state index contributed by atoms with van der Waals surface area (Å²) in [6.45, 7) is 0.957. The maximum absolute atomic E-state index is 12.5. The molecule has 1 aliphatic heterocycles. The summed E-state index contributed by atoms with van der Waals surface area (Å²) in [5, 5.41) is 3.88. The Hall–Kier alpha value is -1.23. The van der Waals surface area contributed by atoms with Gasteiger partial charge in [0.1, 0.15) is 11.9 Å². The molecule has 0 saturated carbocycles. The zero-order chi connectivity index (χ0) is 10.9. The molecule has 0 unspecified atom stereocenters. The molecule has 15 heavy (non-hydrogen) atoms. The van der Waals surface area contributed by atoms with Crippen LogP contribution in [-0.2, 0) is 6.18 Å². The minimum Gasteiger partial charge on any atom is -0.487 e. The van der Waals surface area contributed by atoms with Crippen molar-refractivity contribution in [3.8, 4) is 5.75 Å². The second-order valence-corrected chi connectivity index (χ2v) is 3.32. The summed E-state index contributed by atoms with van der Waals surface area (Å²) in [4.78, 5) is 0. The van der Waals surface area contributed by atoms with Gasteiger partial charge in [0.15, 0.2) is 0 Å². The number of ether oxygens (including phenoxy) is 1. The summed E-state index contributed by atoms with van der Waals surface area (Å²) in [7, 11) is 0. The lowest BCUT2D eigenvalue weighted by atomic mass is 10.1. The Bertz CT molecular complexity index is 347. The van der Waals surface area contributed by atoms with Crippen molar-refractivity contribution >= 4 is 0 Å². The van der Waals surface area contributed by atoms with E-state index in [1.54, 1.807) is 0 Å². The number of hydrogen-bond donors (Lipinski definition) is 0. The van der Waals surface area contributed by atoms with Crippen LogP contribution >= 0.6 is 0 Å². The van der Waals surface area contributed by atoms with E-state index in [1.165, 1.54) is 18.2 Å². The van der Waals surface area contributed by atoms with Crippen LogP contribution in [0.15, 0.2) is 24.3 Å². The molecule has 1 fully saturated rings. The fraction of sp³-hybridized carbons (Fsp3) is 0.400. The highest BCUT2D eigenvalue weighted by Gasteiger charge is 2.35. The number of halogens is 3. The van der Waals surface area contributed by atoms with E-state index in [1.807, 2.05) is 0 Å². The first-order valence-corrected chi connectivity index (χ1v) is 4.53.